The number of aromatic nitrogens is 3. The van der Waals surface area contributed by atoms with Crippen LogP contribution in [0.3, 0.4) is 0 Å². The summed E-state index contributed by atoms with van der Waals surface area (Å²) in [6.07, 6.45) is 5.54. The van der Waals surface area contributed by atoms with E-state index in [9.17, 15) is 12.8 Å². The number of rotatable bonds is 7. The third-order valence-electron chi connectivity index (χ3n) is 6.74. The minimum Gasteiger partial charge on any atom is -0.317 e. The first-order valence-electron chi connectivity index (χ1n) is 12.4. The number of hydrogen-bond acceptors (Lipinski definition) is 7. The summed E-state index contributed by atoms with van der Waals surface area (Å²) < 4.78 is 39.4. The van der Waals surface area contributed by atoms with Gasteiger partial charge in [-0.15, -0.1) is 0 Å². The maximum Gasteiger partial charge on any atom is 0.228 e. The fraction of sp³-hybridized carbons (Fsp3) is 0.444. The molecule has 2 N–H and O–H groups in total. The molecule has 1 aromatic carbocycles. The van der Waals surface area contributed by atoms with Crippen molar-refractivity contribution in [2.75, 3.05) is 18.4 Å². The summed E-state index contributed by atoms with van der Waals surface area (Å²) in [5, 5.41) is 6.72. The summed E-state index contributed by atoms with van der Waals surface area (Å²) in [6.45, 7) is 8.71. The van der Waals surface area contributed by atoms with Crippen molar-refractivity contribution in [2.45, 2.75) is 63.4 Å². The smallest absolute Gasteiger partial charge is 0.228 e. The lowest BCUT2D eigenvalue weighted by molar-refractivity contribution is 0.444. The third-order valence-corrected chi connectivity index (χ3v) is 9.66. The van der Waals surface area contributed by atoms with Gasteiger partial charge in [0.25, 0.3) is 0 Å². The van der Waals surface area contributed by atoms with Crippen LogP contribution in [0.25, 0.3) is 0 Å². The van der Waals surface area contributed by atoms with Crippen LogP contribution < -0.4 is 10.6 Å². The van der Waals surface area contributed by atoms with Crippen molar-refractivity contribution in [1.29, 1.82) is 0 Å². The van der Waals surface area contributed by atoms with Crippen molar-refractivity contribution in [3.8, 4) is 0 Å². The van der Waals surface area contributed by atoms with E-state index in [2.05, 4.69) is 25.6 Å². The molecule has 0 unspecified atom stereocenters. The van der Waals surface area contributed by atoms with Gasteiger partial charge in [0.2, 0.25) is 5.95 Å². The number of nitrogens with zero attached hydrogens (tertiary/aromatic N) is 3. The molecular formula is C27H33ClFN5O2S. The molecule has 2 aromatic heterocycles. The van der Waals surface area contributed by atoms with Crippen LogP contribution in [-0.2, 0) is 22.0 Å². The number of piperidine rings is 1. The first-order chi connectivity index (χ1) is 17.4. The Morgan fingerprint density at radius 1 is 1.14 bits per heavy atom. The topological polar surface area (TPSA) is 96.9 Å². The number of aryl methyl sites for hydroxylation is 1. The number of halogens is 2. The number of hydrogen-bond donors (Lipinski definition) is 2. The Morgan fingerprint density at radius 2 is 1.86 bits per heavy atom. The minimum absolute atomic E-state index is 0.136. The average molecular weight is 546 g/mol. The Balaban J connectivity index is 1.52. The van der Waals surface area contributed by atoms with Gasteiger partial charge in [0.05, 0.1) is 16.2 Å². The number of sulfone groups is 1. The van der Waals surface area contributed by atoms with Crippen LogP contribution in [0.1, 0.15) is 67.5 Å². The summed E-state index contributed by atoms with van der Waals surface area (Å²) in [6, 6.07) is 6.79. The molecule has 0 atom stereocenters. The van der Waals surface area contributed by atoms with Crippen LogP contribution in [0.15, 0.2) is 36.7 Å². The van der Waals surface area contributed by atoms with E-state index in [1.165, 1.54) is 6.07 Å². The van der Waals surface area contributed by atoms with Crippen molar-refractivity contribution in [3.05, 3.63) is 75.4 Å². The monoisotopic (exact) mass is 545 g/mol. The van der Waals surface area contributed by atoms with Gasteiger partial charge in [-0.1, -0.05) is 23.7 Å². The van der Waals surface area contributed by atoms with Crippen molar-refractivity contribution in [2.24, 2.45) is 0 Å². The molecule has 0 spiro atoms. The standard InChI is InChI=1S/C27H33ClFN5O2S/c1-17-14-32-26(34-25-13-23(29)21(15-31-25)19-7-9-30-10-8-19)33-24(17)12-18-5-6-22(28)20(11-18)16-37(35,36)27(2,3)4/h5-6,11,13-15,19,30H,7-10,12,16H2,1-4H3,(H,31,32,33,34). The molecule has 4 rings (SSSR count). The van der Waals surface area contributed by atoms with Gasteiger partial charge >= 0.3 is 0 Å². The lowest BCUT2D eigenvalue weighted by Crippen LogP contribution is -2.29. The fourth-order valence-electron chi connectivity index (χ4n) is 4.24. The second-order valence-corrected chi connectivity index (χ2v) is 13.7. The van der Waals surface area contributed by atoms with Crippen LogP contribution in [0.2, 0.25) is 5.02 Å². The molecule has 1 saturated heterocycles. The quantitative estimate of drug-likeness (QED) is 0.405. The van der Waals surface area contributed by atoms with Gasteiger partial charge in [0.15, 0.2) is 9.84 Å². The molecule has 0 radical (unpaired) electrons. The van der Waals surface area contributed by atoms with Crippen molar-refractivity contribution in [1.82, 2.24) is 20.3 Å². The van der Waals surface area contributed by atoms with E-state index in [0.29, 0.717) is 34.3 Å². The summed E-state index contributed by atoms with van der Waals surface area (Å²) in [5.74, 6) is 0.407. The molecule has 0 saturated carbocycles. The summed E-state index contributed by atoms with van der Waals surface area (Å²) in [7, 11) is -3.39. The Labute approximate surface area is 223 Å². The lowest BCUT2D eigenvalue weighted by Gasteiger charge is -2.23. The van der Waals surface area contributed by atoms with E-state index >= 15 is 0 Å². The maximum absolute atomic E-state index is 14.8. The molecule has 198 valence electrons. The predicted molar refractivity (Wildman–Crippen MR) is 146 cm³/mol. The second kappa shape index (κ2) is 11.0. The van der Waals surface area contributed by atoms with Crippen molar-refractivity contribution >= 4 is 33.2 Å². The highest BCUT2D eigenvalue weighted by atomic mass is 35.5. The Morgan fingerprint density at radius 3 is 2.54 bits per heavy atom. The number of pyridine rings is 1. The van der Waals surface area contributed by atoms with Crippen LogP contribution in [0.5, 0.6) is 0 Å². The van der Waals surface area contributed by atoms with Crippen LogP contribution in [0, 0.1) is 12.7 Å². The van der Waals surface area contributed by atoms with Gasteiger partial charge in [-0.3, -0.25) is 0 Å². The van der Waals surface area contributed by atoms with E-state index < -0.39 is 14.6 Å². The molecule has 1 fully saturated rings. The molecule has 0 bridgehead atoms. The average Bonchev–Trinajstić information content (AvgIpc) is 2.83. The number of anilines is 2. The zero-order valence-electron chi connectivity index (χ0n) is 21.6. The van der Waals surface area contributed by atoms with Crippen molar-refractivity contribution in [3.63, 3.8) is 0 Å². The van der Waals surface area contributed by atoms with Crippen LogP contribution >= 0.6 is 11.6 Å². The molecule has 3 aromatic rings. The molecule has 0 amide bonds. The lowest BCUT2D eigenvalue weighted by atomic mass is 9.91. The second-order valence-electron chi connectivity index (χ2n) is 10.5. The van der Waals surface area contributed by atoms with E-state index in [0.717, 1.165) is 42.8 Å². The normalized spacial score (nSPS) is 15.1. The fourth-order valence-corrected chi connectivity index (χ4v) is 5.58. The zero-order chi connectivity index (χ0) is 26.8. The van der Waals surface area contributed by atoms with E-state index in [-0.39, 0.29) is 17.5 Å². The summed E-state index contributed by atoms with van der Waals surface area (Å²) in [4.78, 5) is 13.4. The number of benzene rings is 1. The van der Waals surface area contributed by atoms with Gasteiger partial charge in [-0.25, -0.2) is 27.8 Å². The predicted octanol–water partition coefficient (Wildman–Crippen LogP) is 5.49. The highest BCUT2D eigenvalue weighted by Crippen LogP contribution is 2.29. The van der Waals surface area contributed by atoms with Gasteiger partial charge in [-0.05, 0) is 82.3 Å². The molecule has 3 heterocycles. The summed E-state index contributed by atoms with van der Waals surface area (Å²) >= 11 is 6.33. The van der Waals surface area contributed by atoms with Gasteiger partial charge < -0.3 is 10.6 Å². The largest absolute Gasteiger partial charge is 0.317 e. The highest BCUT2D eigenvalue weighted by molar-refractivity contribution is 7.91. The third kappa shape index (κ3) is 6.64. The molecule has 7 nitrogen and oxygen atoms in total. The molecule has 10 heteroatoms. The maximum atomic E-state index is 14.8. The van der Waals surface area contributed by atoms with E-state index in [4.69, 9.17) is 11.6 Å². The zero-order valence-corrected chi connectivity index (χ0v) is 23.2. The van der Waals surface area contributed by atoms with Gasteiger partial charge in [-0.2, -0.15) is 0 Å². The van der Waals surface area contributed by atoms with Crippen molar-refractivity contribution < 1.29 is 12.8 Å². The highest BCUT2D eigenvalue weighted by Gasteiger charge is 2.29. The van der Waals surface area contributed by atoms with Gasteiger partial charge in [0, 0.05) is 35.5 Å². The minimum atomic E-state index is -3.39. The number of nitrogens with one attached hydrogen (secondary N) is 2. The van der Waals surface area contributed by atoms with Gasteiger partial charge in [0.1, 0.15) is 11.6 Å². The Bertz CT molecular complexity index is 1390. The first-order valence-corrected chi connectivity index (χ1v) is 14.4. The molecule has 1 aliphatic rings. The Hall–Kier alpha value is -2.62. The van der Waals surface area contributed by atoms with E-state index in [1.807, 2.05) is 19.1 Å². The molecule has 1 aliphatic heterocycles. The molecule has 37 heavy (non-hydrogen) atoms. The van der Waals surface area contributed by atoms with Crippen LogP contribution in [-0.4, -0.2) is 41.2 Å². The van der Waals surface area contributed by atoms with Crippen LogP contribution in [0.4, 0.5) is 16.2 Å². The SMILES string of the molecule is Cc1cnc(Nc2cc(F)c(C3CCNCC3)cn2)nc1Cc1ccc(Cl)c(CS(=O)(=O)C(C)(C)C)c1. The first kappa shape index (κ1) is 27.4. The van der Waals surface area contributed by atoms with E-state index in [1.54, 1.807) is 39.2 Å². The molecule has 0 aliphatic carbocycles. The summed E-state index contributed by atoms with van der Waals surface area (Å²) in [5.41, 5.74) is 3.73. The Kier molecular flexibility index (Phi) is 8.16. The molecular weight excluding hydrogens is 513 g/mol.